The molecule has 0 unspecified atom stereocenters. The van der Waals surface area contributed by atoms with E-state index in [0.717, 1.165) is 20.1 Å². The van der Waals surface area contributed by atoms with E-state index in [9.17, 15) is 14.4 Å². The van der Waals surface area contributed by atoms with Crippen LogP contribution in [0.4, 0.5) is 11.4 Å². The van der Waals surface area contributed by atoms with Crippen molar-refractivity contribution in [3.63, 3.8) is 0 Å². The lowest BCUT2D eigenvalue weighted by molar-refractivity contribution is -0.133. The number of benzene rings is 3. The molecule has 3 amide bonds. The molecule has 0 spiro atoms. The zero-order chi connectivity index (χ0) is 24.4. The van der Waals surface area contributed by atoms with Crippen LogP contribution in [-0.2, 0) is 9.59 Å². The third-order valence-electron chi connectivity index (χ3n) is 5.15. The molecule has 0 fully saturated rings. The van der Waals surface area contributed by atoms with Gasteiger partial charge in [-0.1, -0.05) is 49.6 Å². The maximum absolute atomic E-state index is 13.2. The lowest BCUT2D eigenvalue weighted by Gasteiger charge is -2.14. The van der Waals surface area contributed by atoms with Crippen molar-refractivity contribution in [1.82, 2.24) is 4.68 Å². The van der Waals surface area contributed by atoms with E-state index >= 15 is 0 Å². The molecule has 172 valence electrons. The fourth-order valence-corrected chi connectivity index (χ4v) is 4.13. The molecule has 0 aliphatic rings. The van der Waals surface area contributed by atoms with Crippen LogP contribution in [0.2, 0.25) is 0 Å². The standard InChI is InChI=1S/C25H20Br2N4O3/c1-14-3-9-20(15(2)11-14)29-23(32)22-13-16-12-18(27)6-10-21(16)31(22)30-25(34)24(33)28-19-7-4-17(26)5-8-19/h3-13H,1-2H3,(H,28,33)(H,29,32)(H,30,34). The molecular weight excluding hydrogens is 564 g/mol. The molecular formula is C25H20Br2N4O3. The van der Waals surface area contributed by atoms with Gasteiger partial charge in [0.25, 0.3) is 5.91 Å². The molecule has 0 radical (unpaired) electrons. The van der Waals surface area contributed by atoms with Crippen molar-refractivity contribution in [2.75, 3.05) is 16.1 Å². The SMILES string of the molecule is Cc1ccc(NC(=O)c2cc3cc(Br)ccc3n2NC(=O)C(=O)Nc2ccc(Br)cc2)c(C)c1. The van der Waals surface area contributed by atoms with Gasteiger partial charge in [0.1, 0.15) is 5.69 Å². The number of hydrogen-bond acceptors (Lipinski definition) is 3. The van der Waals surface area contributed by atoms with Gasteiger partial charge in [-0.25, -0.2) is 4.68 Å². The molecule has 0 saturated heterocycles. The van der Waals surface area contributed by atoms with Crippen molar-refractivity contribution in [3.05, 3.63) is 92.5 Å². The summed E-state index contributed by atoms with van der Waals surface area (Å²) in [6.07, 6.45) is 0. The normalized spacial score (nSPS) is 10.7. The van der Waals surface area contributed by atoms with Crippen molar-refractivity contribution in [2.45, 2.75) is 13.8 Å². The molecule has 4 rings (SSSR count). The molecule has 1 heterocycles. The number of fused-ring (bicyclic) bond motifs is 1. The van der Waals surface area contributed by atoms with Gasteiger partial charge in [-0.2, -0.15) is 0 Å². The van der Waals surface area contributed by atoms with Gasteiger partial charge in [-0.3, -0.25) is 19.8 Å². The Hall–Kier alpha value is -3.43. The third-order valence-corrected chi connectivity index (χ3v) is 6.17. The molecule has 0 bridgehead atoms. The van der Waals surface area contributed by atoms with Gasteiger partial charge in [0.2, 0.25) is 0 Å². The Morgan fingerprint density at radius 1 is 0.765 bits per heavy atom. The van der Waals surface area contributed by atoms with E-state index in [0.29, 0.717) is 22.3 Å². The molecule has 3 aromatic carbocycles. The summed E-state index contributed by atoms with van der Waals surface area (Å²) < 4.78 is 2.99. The smallest absolute Gasteiger partial charge is 0.320 e. The van der Waals surface area contributed by atoms with Gasteiger partial charge in [0.05, 0.1) is 5.52 Å². The minimum atomic E-state index is -0.913. The third kappa shape index (κ3) is 5.21. The van der Waals surface area contributed by atoms with Crippen LogP contribution in [0.25, 0.3) is 10.9 Å². The lowest BCUT2D eigenvalue weighted by Crippen LogP contribution is -2.36. The number of carbonyl (C=O) groups excluding carboxylic acids is 3. The van der Waals surface area contributed by atoms with Gasteiger partial charge in [-0.05, 0) is 74.0 Å². The van der Waals surface area contributed by atoms with E-state index < -0.39 is 17.7 Å². The van der Waals surface area contributed by atoms with Crippen molar-refractivity contribution < 1.29 is 14.4 Å². The zero-order valence-corrected chi connectivity index (χ0v) is 21.5. The predicted molar refractivity (Wildman–Crippen MR) is 141 cm³/mol. The van der Waals surface area contributed by atoms with Crippen molar-refractivity contribution in [2.24, 2.45) is 0 Å². The minimum absolute atomic E-state index is 0.179. The first-order chi connectivity index (χ1) is 16.2. The van der Waals surface area contributed by atoms with Crippen LogP contribution in [0.3, 0.4) is 0 Å². The molecule has 0 atom stereocenters. The van der Waals surface area contributed by atoms with Crippen LogP contribution in [0.15, 0.2) is 75.7 Å². The number of carbonyl (C=O) groups is 3. The first-order valence-electron chi connectivity index (χ1n) is 10.3. The second-order valence-corrected chi connectivity index (χ2v) is 9.57. The number of nitrogens with one attached hydrogen (secondary N) is 3. The van der Waals surface area contributed by atoms with E-state index in [4.69, 9.17) is 0 Å². The van der Waals surface area contributed by atoms with E-state index in [1.54, 1.807) is 42.5 Å². The topological polar surface area (TPSA) is 92.2 Å². The van der Waals surface area contributed by atoms with Crippen molar-refractivity contribution in [3.8, 4) is 0 Å². The summed E-state index contributed by atoms with van der Waals surface area (Å²) in [6, 6.07) is 19.6. The average Bonchev–Trinajstić information content (AvgIpc) is 3.14. The number of aryl methyl sites for hydroxylation is 2. The summed E-state index contributed by atoms with van der Waals surface area (Å²) in [4.78, 5) is 38.4. The van der Waals surface area contributed by atoms with E-state index in [-0.39, 0.29) is 5.69 Å². The van der Waals surface area contributed by atoms with E-state index in [2.05, 4.69) is 47.9 Å². The molecule has 3 N–H and O–H groups in total. The van der Waals surface area contributed by atoms with Crippen LogP contribution in [0.5, 0.6) is 0 Å². The van der Waals surface area contributed by atoms with Crippen molar-refractivity contribution >= 4 is 71.9 Å². The Morgan fingerprint density at radius 2 is 1.47 bits per heavy atom. The Morgan fingerprint density at radius 3 is 2.18 bits per heavy atom. The highest BCUT2D eigenvalue weighted by Crippen LogP contribution is 2.25. The highest BCUT2D eigenvalue weighted by molar-refractivity contribution is 9.10. The first kappa shape index (κ1) is 23.7. The molecule has 9 heteroatoms. The molecule has 0 aliphatic heterocycles. The second-order valence-electron chi connectivity index (χ2n) is 7.74. The fraction of sp³-hybridized carbons (Fsp3) is 0.0800. The van der Waals surface area contributed by atoms with Gasteiger partial charge in [0.15, 0.2) is 0 Å². The number of nitrogens with zero attached hydrogens (tertiary/aromatic N) is 1. The van der Waals surface area contributed by atoms with Gasteiger partial charge < -0.3 is 10.6 Å². The van der Waals surface area contributed by atoms with Crippen LogP contribution < -0.4 is 16.1 Å². The Bertz CT molecular complexity index is 1430. The zero-order valence-electron chi connectivity index (χ0n) is 18.3. The Kier molecular flexibility index (Phi) is 6.85. The quantitative estimate of drug-likeness (QED) is 0.267. The Labute approximate surface area is 212 Å². The second kappa shape index (κ2) is 9.82. The number of halogens is 2. The minimum Gasteiger partial charge on any atom is -0.320 e. The number of hydrogen-bond donors (Lipinski definition) is 3. The van der Waals surface area contributed by atoms with Gasteiger partial charge in [0, 0.05) is 25.7 Å². The van der Waals surface area contributed by atoms with E-state index in [1.165, 1.54) is 4.68 Å². The number of amides is 3. The summed E-state index contributed by atoms with van der Waals surface area (Å²) in [5.41, 5.74) is 6.43. The maximum Gasteiger partial charge on any atom is 0.328 e. The highest BCUT2D eigenvalue weighted by atomic mass is 79.9. The summed E-state index contributed by atoms with van der Waals surface area (Å²) in [5, 5.41) is 6.15. The van der Waals surface area contributed by atoms with Crippen LogP contribution in [0, 0.1) is 13.8 Å². The fourth-order valence-electron chi connectivity index (χ4n) is 3.49. The summed E-state index contributed by atoms with van der Waals surface area (Å²) in [7, 11) is 0. The molecule has 34 heavy (non-hydrogen) atoms. The number of rotatable bonds is 4. The molecule has 1 aromatic heterocycles. The monoisotopic (exact) mass is 582 g/mol. The average molecular weight is 584 g/mol. The van der Waals surface area contributed by atoms with Crippen LogP contribution in [0.1, 0.15) is 21.6 Å². The van der Waals surface area contributed by atoms with Crippen LogP contribution >= 0.6 is 31.9 Å². The summed E-state index contributed by atoms with van der Waals surface area (Å²) in [6.45, 7) is 3.88. The van der Waals surface area contributed by atoms with Gasteiger partial charge in [-0.15, -0.1) is 0 Å². The molecule has 0 aliphatic carbocycles. The largest absolute Gasteiger partial charge is 0.328 e. The van der Waals surface area contributed by atoms with Gasteiger partial charge >= 0.3 is 11.8 Å². The molecule has 0 saturated carbocycles. The highest BCUT2D eigenvalue weighted by Gasteiger charge is 2.21. The summed E-state index contributed by atoms with van der Waals surface area (Å²) >= 11 is 6.75. The molecule has 4 aromatic rings. The predicted octanol–water partition coefficient (Wildman–Crippen LogP) is 5.74. The van der Waals surface area contributed by atoms with Crippen LogP contribution in [-0.4, -0.2) is 22.4 Å². The Balaban J connectivity index is 1.63. The molecule has 7 nitrogen and oxygen atoms in total. The number of anilines is 2. The first-order valence-corrected chi connectivity index (χ1v) is 11.9. The van der Waals surface area contributed by atoms with E-state index in [1.807, 2.05) is 38.1 Å². The lowest BCUT2D eigenvalue weighted by atomic mass is 10.1. The maximum atomic E-state index is 13.2. The number of aromatic nitrogens is 1. The summed E-state index contributed by atoms with van der Waals surface area (Å²) in [5.74, 6) is -2.20. The van der Waals surface area contributed by atoms with Crippen molar-refractivity contribution in [1.29, 1.82) is 0 Å².